The van der Waals surface area contributed by atoms with Crippen LogP contribution >= 0.6 is 0 Å². The van der Waals surface area contributed by atoms with Crippen LogP contribution in [0.5, 0.6) is 5.75 Å². The summed E-state index contributed by atoms with van der Waals surface area (Å²) in [4.78, 5) is 11.5. The fourth-order valence-corrected chi connectivity index (χ4v) is 3.10. The summed E-state index contributed by atoms with van der Waals surface area (Å²) in [6.45, 7) is 3.00. The smallest absolute Gasteiger partial charge is 0.261 e. The number of ether oxygens (including phenoxy) is 1. The first-order chi connectivity index (χ1) is 10.8. The van der Waals surface area contributed by atoms with Gasteiger partial charge < -0.3 is 4.74 Å². The van der Waals surface area contributed by atoms with E-state index >= 15 is 0 Å². The van der Waals surface area contributed by atoms with Crippen LogP contribution in [0, 0.1) is 5.92 Å². The van der Waals surface area contributed by atoms with Gasteiger partial charge in [-0.2, -0.15) is 4.72 Å². The van der Waals surface area contributed by atoms with Gasteiger partial charge in [0.1, 0.15) is 11.8 Å². The Hall–Kier alpha value is -1.71. The molecule has 0 heterocycles. The predicted molar refractivity (Wildman–Crippen MR) is 81.4 cm³/mol. The maximum absolute atomic E-state index is 12.3. The summed E-state index contributed by atoms with van der Waals surface area (Å²) in [7, 11) is -3.94. The number of benzene rings is 1. The van der Waals surface area contributed by atoms with Crippen LogP contribution in [0.3, 0.4) is 0 Å². The van der Waals surface area contributed by atoms with Gasteiger partial charge in [-0.15, -0.1) is 0 Å². The Kier molecular flexibility index (Phi) is 7.40. The summed E-state index contributed by atoms with van der Waals surface area (Å²) in [5, 5.41) is 8.68. The highest BCUT2D eigenvalue weighted by Crippen LogP contribution is 2.17. The molecule has 0 spiro atoms. The molecule has 3 N–H and O–H groups in total. The summed E-state index contributed by atoms with van der Waals surface area (Å²) in [5.41, 5.74) is 1.44. The van der Waals surface area contributed by atoms with Crippen molar-refractivity contribution in [2.24, 2.45) is 5.92 Å². The molecule has 0 saturated heterocycles. The van der Waals surface area contributed by atoms with Crippen LogP contribution in [0.15, 0.2) is 29.2 Å². The number of sulfonamides is 1. The van der Waals surface area contributed by atoms with Gasteiger partial charge in [-0.1, -0.05) is 13.8 Å². The highest BCUT2D eigenvalue weighted by molar-refractivity contribution is 7.89. The van der Waals surface area contributed by atoms with Crippen LogP contribution in [-0.2, 0) is 14.8 Å². The molecule has 9 heteroatoms. The summed E-state index contributed by atoms with van der Waals surface area (Å²) >= 11 is 0. The van der Waals surface area contributed by atoms with Crippen LogP contribution < -0.4 is 14.9 Å². The van der Waals surface area contributed by atoms with Crippen molar-refractivity contribution >= 4 is 15.9 Å². The van der Waals surface area contributed by atoms with E-state index in [0.717, 1.165) is 0 Å². The molecule has 0 aliphatic carbocycles. The van der Waals surface area contributed by atoms with E-state index in [1.54, 1.807) is 13.8 Å². The molecule has 0 radical (unpaired) electrons. The molecule has 23 heavy (non-hydrogen) atoms. The molecule has 1 atom stereocenters. The van der Waals surface area contributed by atoms with Gasteiger partial charge in [0.2, 0.25) is 10.0 Å². The molecule has 0 saturated carbocycles. The van der Waals surface area contributed by atoms with Crippen molar-refractivity contribution in [1.29, 1.82) is 0 Å². The molecule has 0 aliphatic heterocycles. The maximum atomic E-state index is 12.3. The first-order valence-electron chi connectivity index (χ1n) is 7.07. The molecule has 0 bridgehead atoms. The lowest BCUT2D eigenvalue weighted by molar-refractivity contribution is -0.131. The van der Waals surface area contributed by atoms with E-state index in [9.17, 15) is 17.6 Å². The topological polar surface area (TPSA) is 105 Å². The molecular weight excluding hydrogens is 327 g/mol. The minimum absolute atomic E-state index is 0.0493. The molecule has 0 aromatic heterocycles. The third-order valence-electron chi connectivity index (χ3n) is 3.02. The lowest BCUT2D eigenvalue weighted by Gasteiger charge is -2.20. The summed E-state index contributed by atoms with van der Waals surface area (Å²) in [6, 6.07) is 4.43. The van der Waals surface area contributed by atoms with Gasteiger partial charge in [-0.05, 0) is 30.2 Å². The standard InChI is InChI=1S/C14H21FN2O5S/c1-10(2)13(14(18)16-19)17-23(20,21)12-6-4-11(5-7-12)22-9-3-8-15/h4-7,10,13,17,19H,3,8-9H2,1-2H3,(H,16,18)/t13-/m1/s1. The Morgan fingerprint density at radius 2 is 1.91 bits per heavy atom. The third kappa shape index (κ3) is 5.77. The second-order valence-corrected chi connectivity index (χ2v) is 6.90. The minimum Gasteiger partial charge on any atom is -0.493 e. The highest BCUT2D eigenvalue weighted by Gasteiger charge is 2.28. The first kappa shape index (κ1) is 19.3. The molecule has 0 aliphatic rings. The quantitative estimate of drug-likeness (QED) is 0.354. The Bertz CT molecular complexity index is 604. The zero-order valence-corrected chi connectivity index (χ0v) is 13.8. The Balaban J connectivity index is 2.84. The Labute approximate surface area is 134 Å². The van der Waals surface area contributed by atoms with Gasteiger partial charge in [0, 0.05) is 6.42 Å². The van der Waals surface area contributed by atoms with Crippen molar-refractivity contribution in [3.8, 4) is 5.75 Å². The molecule has 1 aromatic rings. The number of hydrogen-bond donors (Lipinski definition) is 3. The van der Waals surface area contributed by atoms with E-state index < -0.39 is 28.6 Å². The average Bonchev–Trinajstić information content (AvgIpc) is 2.52. The van der Waals surface area contributed by atoms with Gasteiger partial charge in [-0.3, -0.25) is 14.4 Å². The normalized spacial score (nSPS) is 12.9. The zero-order valence-electron chi connectivity index (χ0n) is 13.0. The van der Waals surface area contributed by atoms with E-state index in [-0.39, 0.29) is 23.8 Å². The monoisotopic (exact) mass is 348 g/mol. The minimum atomic E-state index is -3.94. The zero-order chi connectivity index (χ0) is 17.5. The molecule has 1 rings (SSSR count). The molecule has 130 valence electrons. The van der Waals surface area contributed by atoms with Crippen LogP contribution in [0.2, 0.25) is 0 Å². The SMILES string of the molecule is CC(C)[C@@H](NS(=O)(=O)c1ccc(OCCCF)cc1)C(=O)NO. The van der Waals surface area contributed by atoms with Crippen molar-refractivity contribution in [3.63, 3.8) is 0 Å². The number of carbonyl (C=O) groups excluding carboxylic acids is 1. The van der Waals surface area contributed by atoms with Gasteiger partial charge >= 0.3 is 0 Å². The summed E-state index contributed by atoms with van der Waals surface area (Å²) < 4.78 is 44.0. The Morgan fingerprint density at radius 3 is 2.39 bits per heavy atom. The van der Waals surface area contributed by atoms with Gasteiger partial charge in [0.25, 0.3) is 5.91 Å². The van der Waals surface area contributed by atoms with E-state index in [1.165, 1.54) is 29.7 Å². The summed E-state index contributed by atoms with van der Waals surface area (Å²) in [6.07, 6.45) is 0.258. The molecular formula is C14H21FN2O5S. The van der Waals surface area contributed by atoms with Crippen LogP contribution in [0.25, 0.3) is 0 Å². The number of alkyl halides is 1. The fourth-order valence-electron chi connectivity index (χ4n) is 1.76. The molecule has 0 fully saturated rings. The van der Waals surface area contributed by atoms with Crippen LogP contribution in [-0.4, -0.2) is 38.9 Å². The van der Waals surface area contributed by atoms with E-state index in [0.29, 0.717) is 5.75 Å². The van der Waals surface area contributed by atoms with Crippen molar-refractivity contribution in [2.75, 3.05) is 13.3 Å². The average molecular weight is 348 g/mol. The highest BCUT2D eigenvalue weighted by atomic mass is 32.2. The second-order valence-electron chi connectivity index (χ2n) is 5.18. The number of carbonyl (C=O) groups is 1. The number of amides is 1. The van der Waals surface area contributed by atoms with Gasteiger partial charge in [0.15, 0.2) is 0 Å². The molecule has 7 nitrogen and oxygen atoms in total. The third-order valence-corrected chi connectivity index (χ3v) is 4.48. The van der Waals surface area contributed by atoms with E-state index in [2.05, 4.69) is 4.72 Å². The number of nitrogens with one attached hydrogen (secondary N) is 2. The predicted octanol–water partition coefficient (Wildman–Crippen LogP) is 1.23. The molecule has 1 amide bonds. The van der Waals surface area contributed by atoms with Crippen molar-refractivity contribution < 1.29 is 27.5 Å². The van der Waals surface area contributed by atoms with Crippen molar-refractivity contribution in [2.45, 2.75) is 31.2 Å². The molecule has 0 unspecified atom stereocenters. The number of halogens is 1. The van der Waals surface area contributed by atoms with Gasteiger partial charge in [-0.25, -0.2) is 13.9 Å². The maximum Gasteiger partial charge on any atom is 0.261 e. The van der Waals surface area contributed by atoms with Crippen molar-refractivity contribution in [3.05, 3.63) is 24.3 Å². The number of hydrogen-bond acceptors (Lipinski definition) is 5. The lowest BCUT2D eigenvalue weighted by Crippen LogP contribution is -2.48. The number of rotatable bonds is 9. The largest absolute Gasteiger partial charge is 0.493 e. The summed E-state index contributed by atoms with van der Waals surface area (Å²) in [5.74, 6) is -0.777. The van der Waals surface area contributed by atoms with Crippen molar-refractivity contribution in [1.82, 2.24) is 10.2 Å². The first-order valence-corrected chi connectivity index (χ1v) is 8.55. The van der Waals surface area contributed by atoms with Crippen LogP contribution in [0.4, 0.5) is 4.39 Å². The number of hydroxylamine groups is 1. The van der Waals surface area contributed by atoms with E-state index in [1.807, 2.05) is 0 Å². The molecule has 1 aromatic carbocycles. The van der Waals surface area contributed by atoms with Crippen LogP contribution in [0.1, 0.15) is 20.3 Å². The van der Waals surface area contributed by atoms with Gasteiger partial charge in [0.05, 0.1) is 18.2 Å². The fraction of sp³-hybridized carbons (Fsp3) is 0.500. The second kappa shape index (κ2) is 8.80. The lowest BCUT2D eigenvalue weighted by atomic mass is 10.1. The van der Waals surface area contributed by atoms with E-state index in [4.69, 9.17) is 9.94 Å². The Morgan fingerprint density at radius 1 is 1.30 bits per heavy atom.